The van der Waals surface area contributed by atoms with Gasteiger partial charge in [-0.25, -0.2) is 24.1 Å². The third-order valence-electron chi connectivity index (χ3n) is 9.23. The number of carboxylic acids is 1. The van der Waals surface area contributed by atoms with E-state index in [4.69, 9.17) is 14.2 Å². The number of ether oxygens (including phenoxy) is 3. The number of nitrogens with one attached hydrogen (secondary N) is 1. The number of hydrogen-bond donors (Lipinski definition) is 2. The molecule has 0 bridgehead atoms. The van der Waals surface area contributed by atoms with Gasteiger partial charge < -0.3 is 29.5 Å². The predicted octanol–water partition coefficient (Wildman–Crippen LogP) is 6.52. The predicted molar refractivity (Wildman–Crippen MR) is 201 cm³/mol. The highest BCUT2D eigenvalue weighted by Gasteiger charge is 2.68. The first-order valence-electron chi connectivity index (χ1n) is 18.4. The molecule has 1 aromatic carbocycles. The van der Waals surface area contributed by atoms with E-state index in [2.05, 4.69) is 18.5 Å². The number of imide groups is 1. The number of likely N-dealkylation sites (tertiary alicyclic amines) is 1. The third kappa shape index (κ3) is 10.9. The van der Waals surface area contributed by atoms with Crippen LogP contribution in [0.4, 0.5) is 15.3 Å². The Morgan fingerprint density at radius 3 is 2.24 bits per heavy atom. The van der Waals surface area contributed by atoms with Gasteiger partial charge in [0.25, 0.3) is 11.6 Å². The summed E-state index contributed by atoms with van der Waals surface area (Å²) < 4.78 is 16.1. The average molecular weight is 771 g/mol. The largest absolute Gasteiger partial charge is 0.478 e. The van der Waals surface area contributed by atoms with E-state index in [1.165, 1.54) is 38.7 Å². The SMILES string of the molecule is C=CCCCCCC(NC(=O)OC(C)(C)C)C(=O)N1CCC(c2cc([N+](=O)[O-])c(C(=O)N(C(=O)OC(C)(C)C)[C@]3(C(=O)OCC)CC3C=C)cc2C(=O)O)C1. The van der Waals surface area contributed by atoms with E-state index in [0.29, 0.717) is 17.7 Å². The lowest BCUT2D eigenvalue weighted by atomic mass is 9.90. The minimum absolute atomic E-state index is 0.00793. The molecule has 1 aliphatic carbocycles. The van der Waals surface area contributed by atoms with Gasteiger partial charge in [-0.2, -0.15) is 0 Å². The molecule has 0 aromatic heterocycles. The molecule has 1 saturated heterocycles. The van der Waals surface area contributed by atoms with Crippen LogP contribution in [0.25, 0.3) is 0 Å². The van der Waals surface area contributed by atoms with Crippen molar-refractivity contribution >= 4 is 41.6 Å². The molecule has 302 valence electrons. The number of allylic oxidation sites excluding steroid dienone is 1. The zero-order valence-corrected chi connectivity index (χ0v) is 32.8. The van der Waals surface area contributed by atoms with Gasteiger partial charge in [0.05, 0.1) is 17.1 Å². The molecule has 3 rings (SSSR count). The smallest absolute Gasteiger partial charge is 0.418 e. The number of benzene rings is 1. The van der Waals surface area contributed by atoms with Crippen molar-refractivity contribution in [3.63, 3.8) is 0 Å². The number of esters is 1. The molecular weight excluding hydrogens is 716 g/mol. The Bertz CT molecular complexity index is 1690. The molecule has 1 saturated carbocycles. The maximum absolute atomic E-state index is 14.4. The van der Waals surface area contributed by atoms with E-state index < -0.39 is 92.3 Å². The molecule has 1 aromatic rings. The molecule has 55 heavy (non-hydrogen) atoms. The Morgan fingerprint density at radius 2 is 1.71 bits per heavy atom. The molecular formula is C39H54N4O12. The number of aromatic carboxylic acids is 1. The van der Waals surface area contributed by atoms with Gasteiger partial charge in [0.2, 0.25) is 5.91 Å². The zero-order chi connectivity index (χ0) is 41.5. The van der Waals surface area contributed by atoms with Gasteiger partial charge in [-0.15, -0.1) is 13.2 Å². The number of nitrogens with zero attached hydrogens (tertiary/aromatic N) is 3. The van der Waals surface area contributed by atoms with Crippen LogP contribution >= 0.6 is 0 Å². The van der Waals surface area contributed by atoms with Gasteiger partial charge in [-0.3, -0.25) is 19.7 Å². The maximum atomic E-state index is 14.4. The van der Waals surface area contributed by atoms with Crippen molar-refractivity contribution in [1.29, 1.82) is 0 Å². The summed E-state index contributed by atoms with van der Waals surface area (Å²) in [4.78, 5) is 94.4. The van der Waals surface area contributed by atoms with Gasteiger partial charge in [0.1, 0.15) is 22.8 Å². The van der Waals surface area contributed by atoms with Gasteiger partial charge in [-0.05, 0) is 92.2 Å². The molecule has 16 heteroatoms. The molecule has 1 aliphatic heterocycles. The number of unbranched alkanes of at least 4 members (excludes halogenated alkanes) is 3. The summed E-state index contributed by atoms with van der Waals surface area (Å²) >= 11 is 0. The number of hydrogen-bond acceptors (Lipinski definition) is 11. The van der Waals surface area contributed by atoms with Crippen molar-refractivity contribution in [2.45, 2.75) is 122 Å². The Kier molecular flexibility index (Phi) is 14.4. The van der Waals surface area contributed by atoms with Crippen LogP contribution in [0.2, 0.25) is 0 Å². The normalized spacial score (nSPS) is 19.7. The van der Waals surface area contributed by atoms with Crippen molar-refractivity contribution in [3.8, 4) is 0 Å². The molecule has 0 radical (unpaired) electrons. The Morgan fingerprint density at radius 1 is 1.05 bits per heavy atom. The van der Waals surface area contributed by atoms with E-state index in [-0.39, 0.29) is 38.1 Å². The monoisotopic (exact) mass is 770 g/mol. The standard InChI is InChI=1S/C39H54N4O12/c1-10-13-14-15-16-17-29(40-35(49)54-37(4,5)6)32(45)41-19-18-24(23-41)26-21-30(43(51)52)28(20-27(26)33(46)47)31(44)42(36(50)55-38(7,8)9)39(22-25(39)11-2)34(48)53-12-3/h10-11,20-21,24-25,29H,1-2,12-19,22-23H2,3-9H3,(H,40,49)(H,46,47)/t24?,25?,29?,39-/m1/s1. The first-order valence-corrected chi connectivity index (χ1v) is 18.4. The summed E-state index contributed by atoms with van der Waals surface area (Å²) in [5, 5.41) is 25.6. The molecule has 4 atom stereocenters. The lowest BCUT2D eigenvalue weighted by molar-refractivity contribution is -0.385. The van der Waals surface area contributed by atoms with Crippen LogP contribution in [0.1, 0.15) is 126 Å². The highest BCUT2D eigenvalue weighted by atomic mass is 16.6. The number of amides is 4. The Labute approximate surface area is 321 Å². The molecule has 1 heterocycles. The molecule has 2 fully saturated rings. The second-order valence-electron chi connectivity index (χ2n) is 15.7. The minimum atomic E-state index is -1.94. The zero-order valence-electron chi connectivity index (χ0n) is 32.8. The first kappa shape index (κ1) is 44.1. The summed E-state index contributed by atoms with van der Waals surface area (Å²) in [6.07, 6.45) is 4.58. The Hall–Kier alpha value is -5.28. The summed E-state index contributed by atoms with van der Waals surface area (Å²) in [6.45, 7) is 18.6. The molecule has 16 nitrogen and oxygen atoms in total. The van der Waals surface area contributed by atoms with Gasteiger partial charge in [0.15, 0.2) is 5.54 Å². The summed E-state index contributed by atoms with van der Waals surface area (Å²) in [7, 11) is 0. The maximum Gasteiger partial charge on any atom is 0.418 e. The lowest BCUT2D eigenvalue weighted by Gasteiger charge is -2.31. The van der Waals surface area contributed by atoms with Crippen LogP contribution in [0.3, 0.4) is 0 Å². The molecule has 3 unspecified atom stereocenters. The molecule has 2 N–H and O–H groups in total. The van der Waals surface area contributed by atoms with Crippen molar-refractivity contribution in [2.75, 3.05) is 19.7 Å². The summed E-state index contributed by atoms with van der Waals surface area (Å²) in [5.74, 6) is -5.72. The minimum Gasteiger partial charge on any atom is -0.478 e. The number of carbonyl (C=O) groups excluding carboxylic acids is 5. The average Bonchev–Trinajstić information content (AvgIpc) is 3.59. The third-order valence-corrected chi connectivity index (χ3v) is 9.23. The van der Waals surface area contributed by atoms with Crippen LogP contribution in [-0.2, 0) is 23.8 Å². The number of carboxylic acid groups (broad SMARTS) is 1. The summed E-state index contributed by atoms with van der Waals surface area (Å²) in [6, 6.07) is 0.839. The van der Waals surface area contributed by atoms with Crippen LogP contribution < -0.4 is 5.32 Å². The lowest BCUT2D eigenvalue weighted by Crippen LogP contribution is -2.54. The number of nitro benzene ring substituents is 1. The van der Waals surface area contributed by atoms with Gasteiger partial charge >= 0.3 is 24.1 Å². The van der Waals surface area contributed by atoms with Crippen LogP contribution in [-0.4, -0.2) is 98.2 Å². The van der Waals surface area contributed by atoms with E-state index in [9.17, 15) is 44.0 Å². The van der Waals surface area contributed by atoms with Gasteiger partial charge in [0, 0.05) is 31.0 Å². The van der Waals surface area contributed by atoms with Crippen LogP contribution in [0.5, 0.6) is 0 Å². The van der Waals surface area contributed by atoms with Crippen molar-refractivity contribution in [3.05, 3.63) is 64.2 Å². The highest BCUT2D eigenvalue weighted by molar-refractivity contribution is 6.11. The van der Waals surface area contributed by atoms with E-state index >= 15 is 0 Å². The fourth-order valence-corrected chi connectivity index (χ4v) is 6.65. The second kappa shape index (κ2) is 17.9. The topological polar surface area (TPSA) is 212 Å². The fourth-order valence-electron chi connectivity index (χ4n) is 6.65. The molecule has 2 aliphatic rings. The molecule has 0 spiro atoms. The second-order valence-corrected chi connectivity index (χ2v) is 15.7. The Balaban J connectivity index is 2.04. The number of nitro groups is 1. The molecule has 4 amide bonds. The fraction of sp³-hybridized carbons (Fsp3) is 0.590. The van der Waals surface area contributed by atoms with E-state index in [1.807, 2.05) is 0 Å². The van der Waals surface area contributed by atoms with Crippen molar-refractivity contribution in [2.24, 2.45) is 5.92 Å². The van der Waals surface area contributed by atoms with Crippen molar-refractivity contribution < 1.29 is 53.0 Å². The highest BCUT2D eigenvalue weighted by Crippen LogP contribution is 2.52. The first-order chi connectivity index (χ1) is 25.6. The van der Waals surface area contributed by atoms with Crippen LogP contribution in [0.15, 0.2) is 37.4 Å². The quantitative estimate of drug-likeness (QED) is 0.0459. The van der Waals surface area contributed by atoms with E-state index in [1.54, 1.807) is 26.8 Å². The van der Waals surface area contributed by atoms with Crippen LogP contribution in [0, 0.1) is 16.0 Å². The number of alkyl carbamates (subject to hydrolysis) is 1. The van der Waals surface area contributed by atoms with Crippen molar-refractivity contribution in [1.82, 2.24) is 15.1 Å². The summed E-state index contributed by atoms with van der Waals surface area (Å²) in [5.41, 5.74) is -5.97. The number of rotatable bonds is 16. The van der Waals surface area contributed by atoms with Gasteiger partial charge in [-0.1, -0.05) is 25.0 Å². The van der Waals surface area contributed by atoms with E-state index in [0.717, 1.165) is 31.4 Å². The number of carbonyl (C=O) groups is 6.